The van der Waals surface area contributed by atoms with Crippen molar-refractivity contribution < 1.29 is 13.9 Å². The van der Waals surface area contributed by atoms with E-state index < -0.39 is 5.95 Å². The number of ether oxygens (including phenoxy) is 1. The molecule has 192 valence electrons. The van der Waals surface area contributed by atoms with Gasteiger partial charge in [-0.2, -0.15) is 14.4 Å². The maximum atomic E-state index is 14.3. The standard InChI is InChI=1S/C26H28FN7O2S/c1-3-14-12-28-23-22-16-6-9-20(30-17(16)7-8-18(22)37-24(23)25(35)29-14)32-21-11-19(27)31-26(33-21)36-15-5-4-10-34(2)13-15/h6-9,11,14-15,28H,3-5,10,12-13H2,1-2H3,(H,29,35)(H,30,31,32,33)/t14-,15?/m1/s1. The molecular weight excluding hydrogens is 493 g/mol. The minimum absolute atomic E-state index is 0.0148. The van der Waals surface area contributed by atoms with Crippen LogP contribution in [0.15, 0.2) is 30.3 Å². The Bertz CT molecular complexity index is 1490. The van der Waals surface area contributed by atoms with E-state index in [0.29, 0.717) is 17.2 Å². The van der Waals surface area contributed by atoms with Gasteiger partial charge < -0.3 is 25.6 Å². The number of likely N-dealkylation sites (N-methyl/N-ethyl adjacent to an activating group) is 1. The molecule has 0 aliphatic carbocycles. The minimum Gasteiger partial charge on any atom is -0.459 e. The van der Waals surface area contributed by atoms with Crippen LogP contribution in [-0.2, 0) is 0 Å². The molecule has 2 aliphatic rings. The molecule has 1 amide bonds. The van der Waals surface area contributed by atoms with Gasteiger partial charge in [-0.1, -0.05) is 6.92 Å². The van der Waals surface area contributed by atoms with Crippen LogP contribution in [-0.4, -0.2) is 64.6 Å². The highest BCUT2D eigenvalue weighted by molar-refractivity contribution is 7.21. The van der Waals surface area contributed by atoms with Crippen molar-refractivity contribution in [3.63, 3.8) is 0 Å². The van der Waals surface area contributed by atoms with Crippen LogP contribution in [0.5, 0.6) is 6.01 Å². The van der Waals surface area contributed by atoms with Crippen LogP contribution >= 0.6 is 11.3 Å². The van der Waals surface area contributed by atoms with Gasteiger partial charge in [0.1, 0.15) is 22.6 Å². The number of hydrogen-bond acceptors (Lipinski definition) is 9. The van der Waals surface area contributed by atoms with E-state index >= 15 is 0 Å². The highest BCUT2D eigenvalue weighted by Crippen LogP contribution is 2.41. The monoisotopic (exact) mass is 521 g/mol. The Hall–Kier alpha value is -3.57. The van der Waals surface area contributed by atoms with Crippen molar-refractivity contribution in [3.05, 3.63) is 41.2 Å². The zero-order chi connectivity index (χ0) is 25.5. The van der Waals surface area contributed by atoms with Crippen molar-refractivity contribution in [2.45, 2.75) is 38.3 Å². The molecule has 6 rings (SSSR count). The number of likely N-dealkylation sites (tertiary alicyclic amines) is 1. The van der Waals surface area contributed by atoms with Gasteiger partial charge >= 0.3 is 6.01 Å². The van der Waals surface area contributed by atoms with Crippen molar-refractivity contribution in [2.24, 2.45) is 0 Å². The van der Waals surface area contributed by atoms with E-state index in [0.717, 1.165) is 59.0 Å². The van der Waals surface area contributed by atoms with Gasteiger partial charge in [0.15, 0.2) is 0 Å². The summed E-state index contributed by atoms with van der Waals surface area (Å²) in [6, 6.07) is 9.04. The Morgan fingerprint density at radius 1 is 1.22 bits per heavy atom. The molecule has 0 saturated carbocycles. The average Bonchev–Trinajstić information content (AvgIpc) is 3.17. The molecule has 1 aromatic carbocycles. The number of benzene rings is 1. The molecule has 1 saturated heterocycles. The van der Waals surface area contributed by atoms with Crippen LogP contribution in [0, 0.1) is 5.95 Å². The lowest BCUT2D eigenvalue weighted by Gasteiger charge is -2.29. The fourth-order valence-electron chi connectivity index (χ4n) is 4.98. The van der Waals surface area contributed by atoms with Gasteiger partial charge in [-0.15, -0.1) is 11.3 Å². The second-order valence-electron chi connectivity index (χ2n) is 9.60. The molecule has 0 spiro atoms. The van der Waals surface area contributed by atoms with Gasteiger partial charge in [-0.25, -0.2) is 4.98 Å². The Kier molecular flexibility index (Phi) is 6.25. The highest BCUT2D eigenvalue weighted by Gasteiger charge is 2.26. The lowest BCUT2D eigenvalue weighted by Crippen LogP contribution is -2.38. The van der Waals surface area contributed by atoms with Crippen molar-refractivity contribution >= 4 is 55.6 Å². The molecule has 9 nitrogen and oxygen atoms in total. The van der Waals surface area contributed by atoms with Crippen LogP contribution in [0.4, 0.5) is 21.7 Å². The van der Waals surface area contributed by atoms with Crippen molar-refractivity contribution in [2.75, 3.05) is 37.3 Å². The van der Waals surface area contributed by atoms with Gasteiger partial charge in [0.2, 0.25) is 5.95 Å². The fourth-order valence-corrected chi connectivity index (χ4v) is 6.08. The summed E-state index contributed by atoms with van der Waals surface area (Å²) in [5, 5.41) is 11.6. The van der Waals surface area contributed by atoms with Gasteiger partial charge in [0.05, 0.1) is 11.2 Å². The first-order valence-corrected chi connectivity index (χ1v) is 13.4. The van der Waals surface area contributed by atoms with Crippen LogP contribution in [0.3, 0.4) is 0 Å². The summed E-state index contributed by atoms with van der Waals surface area (Å²) in [5.74, 6) is 0.0743. The van der Waals surface area contributed by atoms with E-state index in [2.05, 4.69) is 37.7 Å². The Morgan fingerprint density at radius 3 is 2.95 bits per heavy atom. The third-order valence-electron chi connectivity index (χ3n) is 6.87. The van der Waals surface area contributed by atoms with E-state index in [-0.39, 0.29) is 29.9 Å². The number of fused-ring (bicyclic) bond motifs is 5. The highest BCUT2D eigenvalue weighted by atomic mass is 32.1. The zero-order valence-corrected chi connectivity index (χ0v) is 21.5. The molecule has 2 aliphatic heterocycles. The number of amides is 1. The van der Waals surface area contributed by atoms with Crippen molar-refractivity contribution in [3.8, 4) is 6.01 Å². The summed E-state index contributed by atoms with van der Waals surface area (Å²) in [6.07, 6.45) is 2.69. The number of piperidine rings is 1. The Labute approximate surface area is 217 Å². The molecule has 1 unspecified atom stereocenters. The molecule has 2 atom stereocenters. The van der Waals surface area contributed by atoms with Crippen molar-refractivity contribution in [1.29, 1.82) is 0 Å². The second-order valence-corrected chi connectivity index (χ2v) is 10.6. The topological polar surface area (TPSA) is 104 Å². The molecule has 0 radical (unpaired) electrons. The third-order valence-corrected chi connectivity index (χ3v) is 8.02. The number of rotatable bonds is 5. The molecule has 3 N–H and O–H groups in total. The van der Waals surface area contributed by atoms with E-state index in [1.807, 2.05) is 31.3 Å². The number of anilines is 3. The number of aromatic nitrogens is 3. The predicted octanol–water partition coefficient (Wildman–Crippen LogP) is 4.53. The van der Waals surface area contributed by atoms with Crippen LogP contribution in [0.25, 0.3) is 21.0 Å². The molecule has 3 aromatic heterocycles. The number of thiophene rings is 1. The number of carbonyl (C=O) groups excluding carboxylic acids is 1. The summed E-state index contributed by atoms with van der Waals surface area (Å²) in [7, 11) is 2.04. The first-order chi connectivity index (χ1) is 18.0. The van der Waals surface area contributed by atoms with Gasteiger partial charge in [0.25, 0.3) is 5.91 Å². The third kappa shape index (κ3) is 4.76. The Morgan fingerprint density at radius 2 is 2.11 bits per heavy atom. The van der Waals surface area contributed by atoms with E-state index in [4.69, 9.17) is 9.72 Å². The molecule has 0 bridgehead atoms. The SMILES string of the molecule is CC[C@@H]1CNc2c(sc3ccc4nc(Nc5cc(F)nc(OC6CCCN(C)C6)n5)ccc4c23)C(=O)N1. The van der Waals surface area contributed by atoms with E-state index in [9.17, 15) is 9.18 Å². The lowest BCUT2D eigenvalue weighted by molar-refractivity contribution is 0.0942. The molecular formula is C26H28FN7O2S. The summed E-state index contributed by atoms with van der Waals surface area (Å²) in [6.45, 7) is 4.51. The summed E-state index contributed by atoms with van der Waals surface area (Å²) in [4.78, 5) is 28.6. The normalized spacial score (nSPS) is 20.2. The number of nitrogens with zero attached hydrogens (tertiary/aromatic N) is 4. The largest absolute Gasteiger partial charge is 0.459 e. The smallest absolute Gasteiger partial charge is 0.321 e. The van der Waals surface area contributed by atoms with E-state index in [1.54, 1.807) is 0 Å². The first-order valence-electron chi connectivity index (χ1n) is 12.5. The lowest BCUT2D eigenvalue weighted by atomic mass is 10.1. The Balaban J connectivity index is 1.29. The van der Waals surface area contributed by atoms with Crippen LogP contribution < -0.4 is 20.7 Å². The molecule has 11 heteroatoms. The fraction of sp³-hybridized carbons (Fsp3) is 0.385. The molecule has 5 heterocycles. The van der Waals surface area contributed by atoms with Crippen molar-refractivity contribution in [1.82, 2.24) is 25.2 Å². The number of carbonyl (C=O) groups is 1. The molecule has 37 heavy (non-hydrogen) atoms. The number of halogens is 1. The maximum absolute atomic E-state index is 14.3. The average molecular weight is 522 g/mol. The molecule has 4 aromatic rings. The number of pyridine rings is 1. The number of hydrogen-bond donors (Lipinski definition) is 3. The van der Waals surface area contributed by atoms with Gasteiger partial charge in [-0.05, 0) is 57.1 Å². The second kappa shape index (κ2) is 9.71. The predicted molar refractivity (Wildman–Crippen MR) is 144 cm³/mol. The first kappa shape index (κ1) is 23.8. The number of nitrogens with one attached hydrogen (secondary N) is 3. The van der Waals surface area contributed by atoms with Gasteiger partial charge in [0, 0.05) is 40.7 Å². The quantitative estimate of drug-likeness (QED) is 0.329. The summed E-state index contributed by atoms with van der Waals surface area (Å²) in [5.41, 5.74) is 1.61. The minimum atomic E-state index is -0.671. The van der Waals surface area contributed by atoms with Crippen LogP contribution in [0.2, 0.25) is 0 Å². The molecule has 1 fully saturated rings. The summed E-state index contributed by atoms with van der Waals surface area (Å²) >= 11 is 1.48. The summed E-state index contributed by atoms with van der Waals surface area (Å²) < 4.78 is 21.2. The van der Waals surface area contributed by atoms with Crippen LogP contribution in [0.1, 0.15) is 35.9 Å². The van der Waals surface area contributed by atoms with E-state index in [1.165, 1.54) is 17.4 Å². The maximum Gasteiger partial charge on any atom is 0.321 e. The zero-order valence-electron chi connectivity index (χ0n) is 20.7. The van der Waals surface area contributed by atoms with Gasteiger partial charge in [-0.3, -0.25) is 4.79 Å².